The number of phenolic OH excluding ortho intramolecular Hbond substituents is 1. The lowest BCUT2D eigenvalue weighted by Crippen LogP contribution is -2.31. The molecule has 1 aliphatic rings. The molecule has 106 valence electrons. The first-order valence-corrected chi connectivity index (χ1v) is 7.55. The van der Waals surface area contributed by atoms with E-state index in [0.29, 0.717) is 23.0 Å². The Bertz CT molecular complexity index is 614. The van der Waals surface area contributed by atoms with Gasteiger partial charge in [0, 0.05) is 16.6 Å². The van der Waals surface area contributed by atoms with Crippen LogP contribution in [0, 0.1) is 0 Å². The largest absolute Gasteiger partial charge is 0.506 e. The molecule has 5 nitrogen and oxygen atoms in total. The first-order valence-electron chi connectivity index (χ1n) is 5.96. The van der Waals surface area contributed by atoms with Gasteiger partial charge in [0.05, 0.1) is 4.47 Å². The summed E-state index contributed by atoms with van der Waals surface area (Å²) in [6.07, 6.45) is 2.15. The van der Waals surface area contributed by atoms with E-state index in [1.54, 1.807) is 12.1 Å². The molecule has 1 heterocycles. The van der Waals surface area contributed by atoms with Gasteiger partial charge in [0.1, 0.15) is 11.4 Å². The maximum absolute atomic E-state index is 12.1. The van der Waals surface area contributed by atoms with Gasteiger partial charge in [-0.25, -0.2) is 4.79 Å². The molecule has 2 rings (SSSR count). The van der Waals surface area contributed by atoms with E-state index in [4.69, 9.17) is 0 Å². The Morgan fingerprint density at radius 3 is 2.70 bits per heavy atom. The third-order valence-electron chi connectivity index (χ3n) is 2.77. The van der Waals surface area contributed by atoms with Crippen molar-refractivity contribution in [2.24, 2.45) is 0 Å². The predicted molar refractivity (Wildman–Crippen MR) is 82.0 cm³/mol. The van der Waals surface area contributed by atoms with Gasteiger partial charge < -0.3 is 10.4 Å². The quantitative estimate of drug-likeness (QED) is 0.601. The summed E-state index contributed by atoms with van der Waals surface area (Å²) >= 11 is 6.53. The number of nitrogens with one attached hydrogen (secondary N) is 1. The van der Waals surface area contributed by atoms with Gasteiger partial charge in [0.15, 0.2) is 0 Å². The van der Waals surface area contributed by atoms with Gasteiger partial charge in [-0.2, -0.15) is 0 Å². The average Bonchev–Trinajstić information content (AvgIpc) is 2.63. The van der Waals surface area contributed by atoms with Crippen LogP contribution in [0.2, 0.25) is 0 Å². The van der Waals surface area contributed by atoms with Crippen molar-refractivity contribution in [1.29, 1.82) is 0 Å². The fourth-order valence-electron chi connectivity index (χ4n) is 1.85. The van der Waals surface area contributed by atoms with Gasteiger partial charge in [-0.1, -0.05) is 22.9 Å². The zero-order valence-corrected chi connectivity index (χ0v) is 13.8. The van der Waals surface area contributed by atoms with E-state index in [0.717, 1.165) is 9.37 Å². The third kappa shape index (κ3) is 2.88. The second kappa shape index (κ2) is 5.97. The summed E-state index contributed by atoms with van der Waals surface area (Å²) in [4.78, 5) is 24.9. The molecule has 0 spiro atoms. The molecule has 0 aliphatic carbocycles. The molecule has 1 fully saturated rings. The molecule has 20 heavy (non-hydrogen) atoms. The monoisotopic (exact) mass is 402 g/mol. The van der Waals surface area contributed by atoms with Crippen molar-refractivity contribution in [2.45, 2.75) is 13.3 Å². The van der Waals surface area contributed by atoms with Gasteiger partial charge in [-0.05, 0) is 40.6 Å². The molecule has 0 bridgehead atoms. The first kappa shape index (κ1) is 15.1. The molecule has 0 radical (unpaired) electrons. The number of amides is 3. The maximum atomic E-state index is 12.1. The summed E-state index contributed by atoms with van der Waals surface area (Å²) in [7, 11) is 0. The van der Waals surface area contributed by atoms with Crippen LogP contribution in [-0.4, -0.2) is 28.5 Å². The number of urea groups is 1. The predicted octanol–water partition coefficient (Wildman–Crippen LogP) is 3.22. The Kier molecular flexibility index (Phi) is 4.49. The van der Waals surface area contributed by atoms with Crippen molar-refractivity contribution in [3.05, 3.63) is 32.3 Å². The van der Waals surface area contributed by atoms with Crippen LogP contribution >= 0.6 is 31.9 Å². The van der Waals surface area contributed by atoms with Crippen molar-refractivity contribution in [2.75, 3.05) is 6.54 Å². The van der Waals surface area contributed by atoms with Gasteiger partial charge in [-0.15, -0.1) is 0 Å². The van der Waals surface area contributed by atoms with Crippen LogP contribution in [0.4, 0.5) is 4.79 Å². The Hall–Kier alpha value is -1.34. The number of phenols is 1. The number of hydrogen-bond acceptors (Lipinski definition) is 3. The summed E-state index contributed by atoms with van der Waals surface area (Å²) in [6, 6.07) is 2.92. The molecule has 0 atom stereocenters. The van der Waals surface area contributed by atoms with E-state index >= 15 is 0 Å². The minimum Gasteiger partial charge on any atom is -0.506 e. The topological polar surface area (TPSA) is 69.6 Å². The van der Waals surface area contributed by atoms with Gasteiger partial charge in [0.25, 0.3) is 5.91 Å². The molecule has 1 saturated heterocycles. The lowest BCUT2D eigenvalue weighted by molar-refractivity contribution is -0.122. The zero-order chi connectivity index (χ0) is 14.9. The van der Waals surface area contributed by atoms with E-state index in [1.807, 2.05) is 6.92 Å². The summed E-state index contributed by atoms with van der Waals surface area (Å²) in [5.41, 5.74) is 0.594. The highest BCUT2D eigenvalue weighted by Crippen LogP contribution is 2.33. The van der Waals surface area contributed by atoms with Crippen LogP contribution < -0.4 is 5.32 Å². The standard InChI is InChI=1S/C13H12Br2N2O3/c1-2-3-17-12(19)10(16-13(17)20)5-7-4-8(14)6-9(15)11(7)18/h4-6,18H,2-3H2,1H3,(H,16,20)/b10-5+. The van der Waals surface area contributed by atoms with Crippen LogP contribution in [0.1, 0.15) is 18.9 Å². The highest BCUT2D eigenvalue weighted by atomic mass is 79.9. The van der Waals surface area contributed by atoms with Crippen molar-refractivity contribution >= 4 is 49.9 Å². The molecule has 2 N–H and O–H groups in total. The fourth-order valence-corrected chi connectivity index (χ4v) is 3.11. The molecule has 0 unspecified atom stereocenters. The van der Waals surface area contributed by atoms with E-state index < -0.39 is 6.03 Å². The van der Waals surface area contributed by atoms with E-state index in [9.17, 15) is 14.7 Å². The zero-order valence-electron chi connectivity index (χ0n) is 10.6. The Morgan fingerprint density at radius 1 is 1.35 bits per heavy atom. The van der Waals surface area contributed by atoms with E-state index in [2.05, 4.69) is 37.2 Å². The highest BCUT2D eigenvalue weighted by Gasteiger charge is 2.32. The second-order valence-corrected chi connectivity index (χ2v) is 6.04. The van der Waals surface area contributed by atoms with Crippen molar-refractivity contribution in [3.63, 3.8) is 0 Å². The number of carbonyl (C=O) groups is 2. The van der Waals surface area contributed by atoms with Crippen LogP contribution in [0.3, 0.4) is 0 Å². The summed E-state index contributed by atoms with van der Waals surface area (Å²) < 4.78 is 1.25. The fraction of sp³-hybridized carbons (Fsp3) is 0.231. The molecular formula is C13H12Br2N2O3. The Balaban J connectivity index is 2.38. The van der Waals surface area contributed by atoms with Gasteiger partial charge in [-0.3, -0.25) is 9.69 Å². The number of nitrogens with zero attached hydrogens (tertiary/aromatic N) is 1. The number of hydrogen-bond donors (Lipinski definition) is 2. The number of halogens is 2. The normalized spacial score (nSPS) is 16.9. The lowest BCUT2D eigenvalue weighted by Gasteiger charge is -2.08. The summed E-state index contributed by atoms with van der Waals surface area (Å²) in [5, 5.41) is 12.5. The van der Waals surface area contributed by atoms with E-state index in [1.165, 1.54) is 6.08 Å². The number of rotatable bonds is 3. The minimum atomic E-state index is -0.434. The van der Waals surface area contributed by atoms with Crippen LogP contribution in [-0.2, 0) is 4.79 Å². The smallest absolute Gasteiger partial charge is 0.329 e. The van der Waals surface area contributed by atoms with E-state index in [-0.39, 0.29) is 17.4 Å². The average molecular weight is 404 g/mol. The molecule has 3 amide bonds. The van der Waals surface area contributed by atoms with Crippen molar-refractivity contribution in [3.8, 4) is 5.75 Å². The van der Waals surface area contributed by atoms with Gasteiger partial charge >= 0.3 is 6.03 Å². The van der Waals surface area contributed by atoms with Crippen molar-refractivity contribution in [1.82, 2.24) is 10.2 Å². The third-order valence-corrected chi connectivity index (χ3v) is 3.83. The summed E-state index contributed by atoms with van der Waals surface area (Å²) in [6.45, 7) is 2.26. The lowest BCUT2D eigenvalue weighted by atomic mass is 10.1. The maximum Gasteiger partial charge on any atom is 0.329 e. The molecular weight excluding hydrogens is 392 g/mol. The Morgan fingerprint density at radius 2 is 2.05 bits per heavy atom. The second-order valence-electron chi connectivity index (χ2n) is 4.27. The highest BCUT2D eigenvalue weighted by molar-refractivity contribution is 9.11. The van der Waals surface area contributed by atoms with Crippen LogP contribution in [0.5, 0.6) is 5.75 Å². The minimum absolute atomic E-state index is 0.0108. The summed E-state index contributed by atoms with van der Waals surface area (Å²) in [5.74, 6) is -0.371. The number of aromatic hydroxyl groups is 1. The first-order chi connectivity index (χ1) is 9.43. The molecule has 0 aromatic heterocycles. The number of benzene rings is 1. The molecule has 7 heteroatoms. The molecule has 1 aliphatic heterocycles. The number of imide groups is 1. The van der Waals surface area contributed by atoms with Crippen LogP contribution in [0.15, 0.2) is 26.8 Å². The SMILES string of the molecule is CCCN1C(=O)N/C(=C/c2cc(Br)cc(Br)c2O)C1=O. The Labute approximate surface area is 132 Å². The number of carbonyl (C=O) groups excluding carboxylic acids is 2. The van der Waals surface area contributed by atoms with Crippen molar-refractivity contribution < 1.29 is 14.7 Å². The molecule has 0 saturated carbocycles. The molecule has 1 aromatic carbocycles. The van der Waals surface area contributed by atoms with Gasteiger partial charge in [0.2, 0.25) is 0 Å². The van der Waals surface area contributed by atoms with Crippen LogP contribution in [0.25, 0.3) is 6.08 Å². The molecule has 1 aromatic rings.